The second-order valence-electron chi connectivity index (χ2n) is 13.2. The highest BCUT2D eigenvalue weighted by Gasteiger charge is 2.19. The van der Waals surface area contributed by atoms with E-state index in [4.69, 9.17) is 9.97 Å². The van der Waals surface area contributed by atoms with E-state index in [1.54, 1.807) is 0 Å². The summed E-state index contributed by atoms with van der Waals surface area (Å²) >= 11 is 0. The highest BCUT2D eigenvalue weighted by molar-refractivity contribution is 6.12. The first-order valence-corrected chi connectivity index (χ1v) is 15.8. The van der Waals surface area contributed by atoms with Crippen LogP contribution in [-0.2, 0) is 5.41 Å². The first-order chi connectivity index (χ1) is 22.4. The Hall–Kier alpha value is -5.74. The number of nitrogens with zero attached hydrogens (tertiary/aromatic N) is 4. The van der Waals surface area contributed by atoms with Crippen LogP contribution >= 0.6 is 0 Å². The summed E-state index contributed by atoms with van der Waals surface area (Å²) in [4.78, 5) is 9.76. The van der Waals surface area contributed by atoms with Crippen molar-refractivity contribution in [2.24, 2.45) is 0 Å². The fourth-order valence-electron chi connectivity index (χ4n) is 7.00. The van der Waals surface area contributed by atoms with Gasteiger partial charge in [-0.05, 0) is 64.9 Å². The maximum Gasteiger partial charge on any atom is 0.138 e. The molecule has 4 heteroatoms. The Bertz CT molecular complexity index is 2630. The van der Waals surface area contributed by atoms with E-state index in [0.29, 0.717) is 0 Å². The third kappa shape index (κ3) is 4.07. The highest BCUT2D eigenvalue weighted by Crippen LogP contribution is 2.38. The van der Waals surface area contributed by atoms with E-state index in [1.807, 2.05) is 12.4 Å². The molecule has 0 fully saturated rings. The predicted molar refractivity (Wildman–Crippen MR) is 192 cm³/mol. The van der Waals surface area contributed by atoms with E-state index >= 15 is 0 Å². The zero-order valence-corrected chi connectivity index (χ0v) is 26.1. The summed E-state index contributed by atoms with van der Waals surface area (Å²) in [6.07, 6.45) is 3.91. The number of hydrogen-bond acceptors (Lipinski definition) is 2. The third-order valence-corrected chi connectivity index (χ3v) is 9.36. The van der Waals surface area contributed by atoms with Gasteiger partial charge >= 0.3 is 0 Å². The molecule has 46 heavy (non-hydrogen) atoms. The largest absolute Gasteiger partial charge is 0.309 e. The molecule has 220 valence electrons. The lowest BCUT2D eigenvalue weighted by Crippen LogP contribution is -2.11. The number of rotatable bonds is 3. The quantitative estimate of drug-likeness (QED) is 0.205. The normalized spacial score (nSPS) is 12.2. The van der Waals surface area contributed by atoms with E-state index in [-0.39, 0.29) is 5.41 Å². The second kappa shape index (κ2) is 9.88. The zero-order chi connectivity index (χ0) is 31.0. The Morgan fingerprint density at radius 2 is 1.13 bits per heavy atom. The average Bonchev–Trinajstić information content (AvgIpc) is 3.60. The van der Waals surface area contributed by atoms with Crippen molar-refractivity contribution in [2.45, 2.75) is 26.2 Å². The molecular formula is C42H32N4. The molecule has 0 radical (unpaired) electrons. The molecule has 0 saturated carbocycles. The standard InChI is InChI=1S/C42H32N4/c1-42(2,3)30-20-21-43-36(24-30)28-16-18-34-32-12-6-8-14-37(32)45(39(34)22-28)31-17-19-35-33-13-7-9-15-38(33)46(40(35)25-31)41-23-27-10-4-5-11-29(27)26-44-41/h4-26H,1-3H3. The van der Waals surface area contributed by atoms with Crippen LogP contribution in [0, 0.1) is 0 Å². The Kier molecular flexibility index (Phi) is 5.72. The molecule has 0 spiro atoms. The molecule has 4 aromatic heterocycles. The SMILES string of the molecule is CC(C)(C)c1ccnc(-c2ccc3c4ccccc4n(-c4ccc5c6ccccc6n(-c6cc7ccccc7cn6)c5c4)c3c2)c1. The van der Waals surface area contributed by atoms with Gasteiger partial charge < -0.3 is 4.57 Å². The van der Waals surface area contributed by atoms with Crippen LogP contribution in [0.5, 0.6) is 0 Å². The van der Waals surface area contributed by atoms with Gasteiger partial charge in [-0.1, -0.05) is 99.6 Å². The van der Waals surface area contributed by atoms with Gasteiger partial charge in [0.25, 0.3) is 0 Å². The molecule has 0 unspecified atom stereocenters. The Morgan fingerprint density at radius 3 is 1.89 bits per heavy atom. The van der Waals surface area contributed by atoms with Crippen LogP contribution in [0.2, 0.25) is 0 Å². The molecular weight excluding hydrogens is 560 g/mol. The smallest absolute Gasteiger partial charge is 0.138 e. The average molecular weight is 593 g/mol. The van der Waals surface area contributed by atoms with Gasteiger partial charge in [-0.2, -0.15) is 0 Å². The van der Waals surface area contributed by atoms with Crippen molar-refractivity contribution in [1.82, 2.24) is 19.1 Å². The van der Waals surface area contributed by atoms with Crippen LogP contribution in [0.25, 0.3) is 77.1 Å². The van der Waals surface area contributed by atoms with Crippen molar-refractivity contribution in [3.8, 4) is 22.8 Å². The molecule has 4 nitrogen and oxygen atoms in total. The maximum absolute atomic E-state index is 4.96. The number of benzene rings is 5. The fraction of sp³-hybridized carbons (Fsp3) is 0.0952. The molecule has 0 atom stereocenters. The molecule has 0 aliphatic rings. The van der Waals surface area contributed by atoms with Crippen molar-refractivity contribution in [3.63, 3.8) is 0 Å². The number of aromatic nitrogens is 4. The Labute approximate surface area is 267 Å². The molecule has 9 rings (SSSR count). The van der Waals surface area contributed by atoms with E-state index in [2.05, 4.69) is 157 Å². The summed E-state index contributed by atoms with van der Waals surface area (Å²) in [6, 6.07) is 45.9. The van der Waals surface area contributed by atoms with Gasteiger partial charge in [0, 0.05) is 50.6 Å². The summed E-state index contributed by atoms with van der Waals surface area (Å²) in [5, 5.41) is 7.19. The number of pyridine rings is 2. The van der Waals surface area contributed by atoms with Crippen LogP contribution in [0.15, 0.2) is 140 Å². The van der Waals surface area contributed by atoms with Crippen LogP contribution in [0.3, 0.4) is 0 Å². The van der Waals surface area contributed by atoms with Crippen molar-refractivity contribution in [1.29, 1.82) is 0 Å². The second-order valence-corrected chi connectivity index (χ2v) is 13.2. The highest BCUT2D eigenvalue weighted by atomic mass is 15.1. The topological polar surface area (TPSA) is 35.6 Å². The van der Waals surface area contributed by atoms with Crippen molar-refractivity contribution < 1.29 is 0 Å². The van der Waals surface area contributed by atoms with Gasteiger partial charge in [0.2, 0.25) is 0 Å². The monoisotopic (exact) mass is 592 g/mol. The molecule has 0 amide bonds. The molecule has 0 N–H and O–H groups in total. The summed E-state index contributed by atoms with van der Waals surface area (Å²) in [5.41, 5.74) is 9.14. The lowest BCUT2D eigenvalue weighted by molar-refractivity contribution is 0.589. The zero-order valence-electron chi connectivity index (χ0n) is 26.1. The first kappa shape index (κ1) is 26.6. The summed E-state index contributed by atoms with van der Waals surface area (Å²) in [7, 11) is 0. The summed E-state index contributed by atoms with van der Waals surface area (Å²) in [5.74, 6) is 0.913. The minimum Gasteiger partial charge on any atom is -0.309 e. The third-order valence-electron chi connectivity index (χ3n) is 9.36. The molecule has 0 bridgehead atoms. The molecule has 0 aliphatic carbocycles. The fourth-order valence-corrected chi connectivity index (χ4v) is 7.00. The van der Waals surface area contributed by atoms with Gasteiger partial charge in [0.15, 0.2) is 0 Å². The van der Waals surface area contributed by atoms with Gasteiger partial charge in [0.1, 0.15) is 5.82 Å². The van der Waals surface area contributed by atoms with E-state index in [9.17, 15) is 0 Å². The van der Waals surface area contributed by atoms with Gasteiger partial charge in [-0.3, -0.25) is 9.55 Å². The van der Waals surface area contributed by atoms with Crippen molar-refractivity contribution >= 4 is 54.4 Å². The van der Waals surface area contributed by atoms with Crippen molar-refractivity contribution in [3.05, 3.63) is 145 Å². The molecule has 0 saturated heterocycles. The molecule has 5 aromatic carbocycles. The minimum absolute atomic E-state index is 0.0461. The van der Waals surface area contributed by atoms with Gasteiger partial charge in [-0.25, -0.2) is 4.98 Å². The number of para-hydroxylation sites is 2. The van der Waals surface area contributed by atoms with E-state index < -0.39 is 0 Å². The minimum atomic E-state index is 0.0461. The Balaban J connectivity index is 1.31. The molecule has 4 heterocycles. The van der Waals surface area contributed by atoms with Crippen LogP contribution in [0.1, 0.15) is 26.3 Å². The number of fused-ring (bicyclic) bond motifs is 7. The van der Waals surface area contributed by atoms with Gasteiger partial charge in [-0.15, -0.1) is 0 Å². The Morgan fingerprint density at radius 1 is 0.500 bits per heavy atom. The van der Waals surface area contributed by atoms with Crippen LogP contribution in [-0.4, -0.2) is 19.1 Å². The van der Waals surface area contributed by atoms with Crippen LogP contribution in [0.4, 0.5) is 0 Å². The van der Waals surface area contributed by atoms with E-state index in [0.717, 1.165) is 44.7 Å². The predicted octanol–water partition coefficient (Wildman–Crippen LogP) is 10.8. The maximum atomic E-state index is 4.96. The lowest BCUT2D eigenvalue weighted by atomic mass is 9.87. The van der Waals surface area contributed by atoms with Gasteiger partial charge in [0.05, 0.1) is 27.8 Å². The van der Waals surface area contributed by atoms with Crippen LogP contribution < -0.4 is 0 Å². The summed E-state index contributed by atoms with van der Waals surface area (Å²) in [6.45, 7) is 6.74. The number of hydrogen-bond donors (Lipinski definition) is 0. The lowest BCUT2D eigenvalue weighted by Gasteiger charge is -2.19. The molecule has 0 aliphatic heterocycles. The molecule has 9 aromatic rings. The van der Waals surface area contributed by atoms with E-state index in [1.165, 1.54) is 38.0 Å². The summed E-state index contributed by atoms with van der Waals surface area (Å²) < 4.78 is 4.71. The van der Waals surface area contributed by atoms with Crippen molar-refractivity contribution in [2.75, 3.05) is 0 Å². The first-order valence-electron chi connectivity index (χ1n) is 15.8.